The summed E-state index contributed by atoms with van der Waals surface area (Å²) >= 11 is 0. The van der Waals surface area contributed by atoms with Crippen molar-refractivity contribution in [2.45, 2.75) is 32.7 Å². The van der Waals surface area contributed by atoms with Crippen LogP contribution in [0.15, 0.2) is 42.7 Å². The predicted molar refractivity (Wildman–Crippen MR) is 104 cm³/mol. The third-order valence-electron chi connectivity index (χ3n) is 4.76. The lowest BCUT2D eigenvalue weighted by molar-refractivity contribution is 0.284. The van der Waals surface area contributed by atoms with Crippen molar-refractivity contribution in [2.75, 3.05) is 11.9 Å². The summed E-state index contributed by atoms with van der Waals surface area (Å²) in [6, 6.07) is 9.50. The van der Waals surface area contributed by atoms with Crippen molar-refractivity contribution in [3.8, 4) is 5.88 Å². The fourth-order valence-electron chi connectivity index (χ4n) is 3.21. The number of ether oxygens (including phenoxy) is 1. The second-order valence-corrected chi connectivity index (χ2v) is 7.12. The molecule has 0 spiro atoms. The first-order chi connectivity index (χ1) is 13.6. The van der Waals surface area contributed by atoms with Crippen LogP contribution in [0.3, 0.4) is 0 Å². The van der Waals surface area contributed by atoms with E-state index in [2.05, 4.69) is 31.3 Å². The van der Waals surface area contributed by atoms with Crippen molar-refractivity contribution < 1.29 is 9.13 Å². The molecule has 2 atom stereocenters. The van der Waals surface area contributed by atoms with Crippen molar-refractivity contribution >= 4 is 5.82 Å². The second-order valence-electron chi connectivity index (χ2n) is 7.12. The zero-order chi connectivity index (χ0) is 19.5. The fraction of sp³-hybridized carbons (Fsp3) is 0.333. The van der Waals surface area contributed by atoms with Gasteiger partial charge in [-0.15, -0.1) is 0 Å². The largest absolute Gasteiger partial charge is 0.477 e. The Labute approximate surface area is 163 Å². The molecule has 3 aromatic heterocycles. The molecule has 1 N–H and O–H groups in total. The highest BCUT2D eigenvalue weighted by Gasteiger charge is 2.39. The van der Waals surface area contributed by atoms with Gasteiger partial charge in [0.15, 0.2) is 0 Å². The van der Waals surface area contributed by atoms with Crippen LogP contribution in [-0.2, 0) is 6.54 Å². The molecule has 0 aliphatic heterocycles. The molecule has 3 aromatic rings. The normalized spacial score (nSPS) is 18.0. The zero-order valence-corrected chi connectivity index (χ0v) is 15.9. The minimum absolute atomic E-state index is 0.292. The minimum Gasteiger partial charge on any atom is -0.477 e. The molecule has 0 saturated heterocycles. The van der Waals surface area contributed by atoms with Crippen molar-refractivity contribution in [3.05, 3.63) is 71.3 Å². The van der Waals surface area contributed by atoms with Gasteiger partial charge in [-0.3, -0.25) is 4.98 Å². The van der Waals surface area contributed by atoms with E-state index >= 15 is 0 Å². The Hall–Kier alpha value is -3.09. The molecule has 3 heterocycles. The van der Waals surface area contributed by atoms with Crippen molar-refractivity contribution in [1.29, 1.82) is 0 Å². The fourth-order valence-corrected chi connectivity index (χ4v) is 3.21. The van der Waals surface area contributed by atoms with Crippen LogP contribution >= 0.6 is 0 Å². The number of nitrogens with zero attached hydrogens (tertiary/aromatic N) is 4. The number of hydrogen-bond acceptors (Lipinski definition) is 6. The summed E-state index contributed by atoms with van der Waals surface area (Å²) in [7, 11) is 0. The van der Waals surface area contributed by atoms with Crippen LogP contribution in [-0.4, -0.2) is 26.5 Å². The predicted octanol–water partition coefficient (Wildman–Crippen LogP) is 3.82. The van der Waals surface area contributed by atoms with E-state index in [4.69, 9.17) is 4.74 Å². The number of anilines is 1. The van der Waals surface area contributed by atoms with E-state index in [1.807, 2.05) is 25.3 Å². The third-order valence-corrected chi connectivity index (χ3v) is 4.76. The number of rotatable bonds is 7. The number of hydrogen-bond donors (Lipinski definition) is 1. The maximum Gasteiger partial charge on any atom is 0.218 e. The highest BCUT2D eigenvalue weighted by molar-refractivity contribution is 5.39. The number of halogens is 1. The molecule has 7 heteroatoms. The Morgan fingerprint density at radius 1 is 1.18 bits per heavy atom. The first-order valence-corrected chi connectivity index (χ1v) is 9.33. The Bertz CT molecular complexity index is 966. The van der Waals surface area contributed by atoms with Crippen molar-refractivity contribution in [1.82, 2.24) is 19.9 Å². The summed E-state index contributed by atoms with van der Waals surface area (Å²) in [6.45, 7) is 4.57. The molecular formula is C21H22FN5O. The first kappa shape index (κ1) is 18.3. The van der Waals surface area contributed by atoms with Gasteiger partial charge in [-0.1, -0.05) is 6.07 Å². The molecule has 1 aliphatic rings. The molecule has 28 heavy (non-hydrogen) atoms. The lowest BCUT2D eigenvalue weighted by Gasteiger charge is -2.10. The van der Waals surface area contributed by atoms with Crippen molar-refractivity contribution in [3.63, 3.8) is 0 Å². The quantitative estimate of drug-likeness (QED) is 0.629. The Morgan fingerprint density at radius 3 is 2.89 bits per heavy atom. The van der Waals surface area contributed by atoms with Gasteiger partial charge in [0, 0.05) is 48.1 Å². The lowest BCUT2D eigenvalue weighted by atomic mass is 10.2. The van der Waals surface area contributed by atoms with E-state index in [0.29, 0.717) is 48.1 Å². The van der Waals surface area contributed by atoms with Gasteiger partial charge < -0.3 is 10.1 Å². The molecule has 1 fully saturated rings. The van der Waals surface area contributed by atoms with Gasteiger partial charge in [-0.25, -0.2) is 9.97 Å². The molecule has 6 nitrogen and oxygen atoms in total. The molecule has 0 amide bonds. The van der Waals surface area contributed by atoms with Gasteiger partial charge in [0.25, 0.3) is 0 Å². The van der Waals surface area contributed by atoms with E-state index in [1.165, 1.54) is 6.20 Å². The third kappa shape index (κ3) is 4.42. The zero-order valence-electron chi connectivity index (χ0n) is 15.9. The van der Waals surface area contributed by atoms with E-state index in [-0.39, 0.29) is 0 Å². The number of nitrogens with one attached hydrogen (secondary N) is 1. The highest BCUT2D eigenvalue weighted by Crippen LogP contribution is 2.46. The lowest BCUT2D eigenvalue weighted by Crippen LogP contribution is -2.08. The highest BCUT2D eigenvalue weighted by atomic mass is 19.1. The van der Waals surface area contributed by atoms with E-state index in [9.17, 15) is 4.39 Å². The van der Waals surface area contributed by atoms with Gasteiger partial charge in [0.1, 0.15) is 11.6 Å². The topological polar surface area (TPSA) is 72.8 Å². The molecule has 1 aliphatic carbocycles. The summed E-state index contributed by atoms with van der Waals surface area (Å²) in [4.78, 5) is 16.9. The van der Waals surface area contributed by atoms with Gasteiger partial charge in [-0.05, 0) is 44.0 Å². The SMILES string of the molecule is Cc1cnc(F)c(CNc2cc(OCC3CC3c3ccccn3)nc(C)n2)c1. The van der Waals surface area contributed by atoms with Crippen LogP contribution in [0.4, 0.5) is 10.2 Å². The Balaban J connectivity index is 1.36. The average Bonchev–Trinajstić information content (AvgIpc) is 3.47. The van der Waals surface area contributed by atoms with Crippen LogP contribution in [0.1, 0.15) is 35.0 Å². The molecule has 144 valence electrons. The number of aryl methyl sites for hydroxylation is 2. The molecule has 0 bridgehead atoms. The molecular weight excluding hydrogens is 357 g/mol. The summed E-state index contributed by atoms with van der Waals surface area (Å²) in [5.74, 6) is 2.15. The minimum atomic E-state index is -0.477. The van der Waals surface area contributed by atoms with E-state index < -0.39 is 5.95 Å². The van der Waals surface area contributed by atoms with Gasteiger partial charge in [0.2, 0.25) is 11.8 Å². The van der Waals surface area contributed by atoms with Crippen LogP contribution in [0.2, 0.25) is 0 Å². The van der Waals surface area contributed by atoms with Gasteiger partial charge in [-0.2, -0.15) is 9.37 Å². The van der Waals surface area contributed by atoms with Gasteiger partial charge >= 0.3 is 0 Å². The summed E-state index contributed by atoms with van der Waals surface area (Å²) in [6.07, 6.45) is 4.41. The molecule has 1 saturated carbocycles. The molecule has 2 unspecified atom stereocenters. The standard InChI is InChI=1S/C21H22FN5O/c1-13-7-15(21(22)25-10-13)11-24-19-9-20(27-14(2)26-19)28-12-16-8-17(16)18-5-3-4-6-23-18/h3-7,9-10,16-17H,8,11-12H2,1-2H3,(H,24,26,27). The Kier molecular flexibility index (Phi) is 5.14. The summed E-state index contributed by atoms with van der Waals surface area (Å²) < 4.78 is 19.7. The van der Waals surface area contributed by atoms with E-state index in [1.54, 1.807) is 19.1 Å². The van der Waals surface area contributed by atoms with Crippen molar-refractivity contribution in [2.24, 2.45) is 5.92 Å². The second kappa shape index (κ2) is 7.88. The molecule has 0 aromatic carbocycles. The van der Waals surface area contributed by atoms with E-state index in [0.717, 1.165) is 17.7 Å². The maximum absolute atomic E-state index is 13.8. The van der Waals surface area contributed by atoms with Crippen LogP contribution < -0.4 is 10.1 Å². The summed E-state index contributed by atoms with van der Waals surface area (Å²) in [5.41, 5.74) is 2.52. The monoisotopic (exact) mass is 379 g/mol. The van der Waals surface area contributed by atoms with Gasteiger partial charge in [0.05, 0.1) is 6.61 Å². The molecule has 0 radical (unpaired) electrons. The smallest absolute Gasteiger partial charge is 0.218 e. The van der Waals surface area contributed by atoms with Crippen LogP contribution in [0.5, 0.6) is 5.88 Å². The maximum atomic E-state index is 13.8. The Morgan fingerprint density at radius 2 is 2.07 bits per heavy atom. The molecule has 4 rings (SSSR count). The average molecular weight is 379 g/mol. The summed E-state index contributed by atoms with van der Waals surface area (Å²) in [5, 5.41) is 3.13. The number of aromatic nitrogens is 4. The number of pyridine rings is 2. The van der Waals surface area contributed by atoms with Crippen LogP contribution in [0.25, 0.3) is 0 Å². The van der Waals surface area contributed by atoms with Crippen LogP contribution in [0, 0.1) is 25.7 Å². The first-order valence-electron chi connectivity index (χ1n) is 9.33.